The van der Waals surface area contributed by atoms with E-state index in [1.807, 2.05) is 24.3 Å². The van der Waals surface area contributed by atoms with E-state index in [0.717, 1.165) is 17.0 Å². The lowest BCUT2D eigenvalue weighted by atomic mass is 9.95. The number of hydrogen-bond donors (Lipinski definition) is 2. The van der Waals surface area contributed by atoms with Crippen molar-refractivity contribution in [1.29, 1.82) is 0 Å². The number of amides is 2. The molecular formula is C17H20N4O4. The standard InChI is InChI=1S/C17H20N4O4/c1-24-13-6-4-3-5-11(13)16-15-12(19-10-20-15)7-8-21(16)17(23)18-9-14(22)25-2/h3-6,10,16H,7-9H2,1-2H3,(H,18,23)(H,19,20)/t16-/m1/s1. The number of urea groups is 1. The molecule has 25 heavy (non-hydrogen) atoms. The Labute approximate surface area is 145 Å². The minimum absolute atomic E-state index is 0.183. The van der Waals surface area contributed by atoms with Gasteiger partial charge in [-0.2, -0.15) is 0 Å². The largest absolute Gasteiger partial charge is 0.496 e. The van der Waals surface area contributed by atoms with E-state index in [2.05, 4.69) is 20.0 Å². The molecule has 1 aliphatic heterocycles. The van der Waals surface area contributed by atoms with Crippen LogP contribution in [0.1, 0.15) is 23.0 Å². The van der Waals surface area contributed by atoms with Crippen molar-refractivity contribution in [3.05, 3.63) is 47.5 Å². The number of imidazole rings is 1. The molecule has 0 bridgehead atoms. The Kier molecular flexibility index (Phi) is 4.87. The summed E-state index contributed by atoms with van der Waals surface area (Å²) in [6, 6.07) is 6.77. The number of carbonyl (C=O) groups is 2. The van der Waals surface area contributed by atoms with Crippen molar-refractivity contribution in [3.63, 3.8) is 0 Å². The van der Waals surface area contributed by atoms with Crippen LogP contribution in [0.2, 0.25) is 0 Å². The fourth-order valence-corrected chi connectivity index (χ4v) is 3.02. The number of fused-ring (bicyclic) bond motifs is 1. The van der Waals surface area contributed by atoms with Crippen LogP contribution in [0.4, 0.5) is 4.79 Å². The number of nitrogens with one attached hydrogen (secondary N) is 2. The monoisotopic (exact) mass is 344 g/mol. The first-order valence-electron chi connectivity index (χ1n) is 7.92. The molecule has 1 atom stereocenters. The molecule has 0 saturated carbocycles. The Morgan fingerprint density at radius 2 is 2.16 bits per heavy atom. The van der Waals surface area contributed by atoms with E-state index in [1.165, 1.54) is 7.11 Å². The summed E-state index contributed by atoms with van der Waals surface area (Å²) in [5.41, 5.74) is 2.61. The van der Waals surface area contributed by atoms with E-state index in [4.69, 9.17) is 4.74 Å². The number of benzene rings is 1. The van der Waals surface area contributed by atoms with Gasteiger partial charge in [0.2, 0.25) is 0 Å². The van der Waals surface area contributed by atoms with Crippen molar-refractivity contribution >= 4 is 12.0 Å². The second-order valence-electron chi connectivity index (χ2n) is 5.59. The fourth-order valence-electron chi connectivity index (χ4n) is 3.02. The zero-order valence-corrected chi connectivity index (χ0v) is 14.1. The van der Waals surface area contributed by atoms with E-state index in [0.29, 0.717) is 18.7 Å². The lowest BCUT2D eigenvalue weighted by molar-refractivity contribution is -0.139. The maximum atomic E-state index is 12.7. The van der Waals surface area contributed by atoms with Crippen LogP contribution in [0.5, 0.6) is 5.75 Å². The molecule has 8 nitrogen and oxygen atoms in total. The zero-order chi connectivity index (χ0) is 17.8. The smallest absolute Gasteiger partial charge is 0.325 e. The third kappa shape index (κ3) is 3.28. The molecule has 1 aromatic heterocycles. The second-order valence-corrected chi connectivity index (χ2v) is 5.59. The van der Waals surface area contributed by atoms with Crippen LogP contribution in [0, 0.1) is 0 Å². The van der Waals surface area contributed by atoms with Crippen LogP contribution in [0.15, 0.2) is 30.6 Å². The Balaban J connectivity index is 1.94. The predicted octanol–water partition coefficient (Wildman–Crippen LogP) is 1.25. The maximum Gasteiger partial charge on any atom is 0.325 e. The van der Waals surface area contributed by atoms with E-state index in [-0.39, 0.29) is 12.6 Å². The van der Waals surface area contributed by atoms with E-state index >= 15 is 0 Å². The third-order valence-electron chi connectivity index (χ3n) is 4.23. The van der Waals surface area contributed by atoms with E-state index in [9.17, 15) is 9.59 Å². The number of esters is 1. The van der Waals surface area contributed by atoms with Crippen LogP contribution < -0.4 is 10.1 Å². The van der Waals surface area contributed by atoms with Crippen molar-refractivity contribution in [2.24, 2.45) is 0 Å². The summed E-state index contributed by atoms with van der Waals surface area (Å²) >= 11 is 0. The van der Waals surface area contributed by atoms with Gasteiger partial charge in [0.15, 0.2) is 0 Å². The van der Waals surface area contributed by atoms with Crippen LogP contribution in [-0.4, -0.2) is 54.2 Å². The Morgan fingerprint density at radius 3 is 2.92 bits per heavy atom. The molecule has 132 valence electrons. The first kappa shape index (κ1) is 16.8. The molecule has 0 aliphatic carbocycles. The van der Waals surface area contributed by atoms with Gasteiger partial charge >= 0.3 is 12.0 Å². The molecule has 0 unspecified atom stereocenters. The van der Waals surface area contributed by atoms with Gasteiger partial charge in [-0.3, -0.25) is 4.79 Å². The van der Waals surface area contributed by atoms with E-state index < -0.39 is 12.0 Å². The summed E-state index contributed by atoms with van der Waals surface area (Å²) in [4.78, 5) is 33.2. The number of aromatic amines is 1. The lowest BCUT2D eigenvalue weighted by Crippen LogP contribution is -2.47. The number of ether oxygens (including phenoxy) is 2. The zero-order valence-electron chi connectivity index (χ0n) is 14.1. The summed E-state index contributed by atoms with van der Waals surface area (Å²) in [5.74, 6) is 0.175. The minimum Gasteiger partial charge on any atom is -0.496 e. The van der Waals surface area contributed by atoms with Crippen LogP contribution in [0.3, 0.4) is 0 Å². The number of para-hydroxylation sites is 1. The second kappa shape index (κ2) is 7.25. The van der Waals surface area contributed by atoms with Crippen LogP contribution in [-0.2, 0) is 16.0 Å². The number of carbonyl (C=O) groups excluding carboxylic acids is 2. The van der Waals surface area contributed by atoms with Gasteiger partial charge in [0.25, 0.3) is 0 Å². The lowest BCUT2D eigenvalue weighted by Gasteiger charge is -2.35. The Hall–Kier alpha value is -3.03. The first-order chi connectivity index (χ1) is 12.2. The number of aromatic nitrogens is 2. The molecular weight excluding hydrogens is 324 g/mol. The molecule has 2 heterocycles. The predicted molar refractivity (Wildman–Crippen MR) is 89.2 cm³/mol. The molecule has 0 radical (unpaired) electrons. The molecule has 2 N–H and O–H groups in total. The molecule has 2 amide bonds. The molecule has 8 heteroatoms. The average molecular weight is 344 g/mol. The number of rotatable bonds is 4. The normalized spacial score (nSPS) is 16.1. The summed E-state index contributed by atoms with van der Waals surface area (Å²) in [6.07, 6.45) is 2.29. The number of hydrogen-bond acceptors (Lipinski definition) is 5. The Bertz CT molecular complexity index is 774. The highest BCUT2D eigenvalue weighted by Gasteiger charge is 2.35. The molecule has 3 rings (SSSR count). The van der Waals surface area contributed by atoms with Crippen molar-refractivity contribution in [3.8, 4) is 5.75 Å². The molecule has 1 aromatic carbocycles. The summed E-state index contributed by atoms with van der Waals surface area (Å²) in [5, 5.41) is 2.60. The molecule has 0 saturated heterocycles. The van der Waals surface area contributed by atoms with Gasteiger partial charge in [0.1, 0.15) is 18.3 Å². The van der Waals surface area contributed by atoms with E-state index in [1.54, 1.807) is 18.3 Å². The van der Waals surface area contributed by atoms with Crippen molar-refractivity contribution in [1.82, 2.24) is 20.2 Å². The summed E-state index contributed by atoms with van der Waals surface area (Å²) in [7, 11) is 2.87. The quantitative estimate of drug-likeness (QED) is 0.814. The van der Waals surface area contributed by atoms with Gasteiger partial charge in [0, 0.05) is 24.2 Å². The molecule has 2 aromatic rings. The minimum atomic E-state index is -0.500. The van der Waals surface area contributed by atoms with Crippen LogP contribution in [0.25, 0.3) is 0 Å². The van der Waals surface area contributed by atoms with Crippen molar-refractivity contribution in [2.75, 3.05) is 27.3 Å². The third-order valence-corrected chi connectivity index (χ3v) is 4.23. The number of H-pyrrole nitrogens is 1. The average Bonchev–Trinajstić information content (AvgIpc) is 3.13. The van der Waals surface area contributed by atoms with Gasteiger partial charge in [0.05, 0.1) is 26.2 Å². The Morgan fingerprint density at radius 1 is 1.36 bits per heavy atom. The highest BCUT2D eigenvalue weighted by molar-refractivity contribution is 5.81. The molecule has 0 spiro atoms. The summed E-state index contributed by atoms with van der Waals surface area (Å²) in [6.45, 7) is 0.308. The van der Waals surface area contributed by atoms with Gasteiger partial charge in [-0.1, -0.05) is 18.2 Å². The van der Waals surface area contributed by atoms with Gasteiger partial charge in [-0.05, 0) is 6.07 Å². The van der Waals surface area contributed by atoms with Crippen molar-refractivity contribution in [2.45, 2.75) is 12.5 Å². The SMILES string of the molecule is COC(=O)CNC(=O)N1CCc2[nH]cnc2[C@H]1c1ccccc1OC. The highest BCUT2D eigenvalue weighted by Crippen LogP contribution is 2.37. The maximum absolute atomic E-state index is 12.7. The topological polar surface area (TPSA) is 96.6 Å². The molecule has 1 aliphatic rings. The van der Waals surface area contributed by atoms with Gasteiger partial charge in [-0.25, -0.2) is 9.78 Å². The van der Waals surface area contributed by atoms with Gasteiger partial charge < -0.3 is 24.7 Å². The first-order valence-corrected chi connectivity index (χ1v) is 7.92. The highest BCUT2D eigenvalue weighted by atomic mass is 16.5. The van der Waals surface area contributed by atoms with Crippen LogP contribution >= 0.6 is 0 Å². The number of nitrogens with zero attached hydrogens (tertiary/aromatic N) is 2. The van der Waals surface area contributed by atoms with Gasteiger partial charge in [-0.15, -0.1) is 0 Å². The van der Waals surface area contributed by atoms with Crippen molar-refractivity contribution < 1.29 is 19.1 Å². The summed E-state index contributed by atoms with van der Waals surface area (Å²) < 4.78 is 10.0. The fraction of sp³-hybridized carbons (Fsp3) is 0.353. The molecule has 0 fully saturated rings. The number of methoxy groups -OCH3 is 2.